The van der Waals surface area contributed by atoms with Crippen molar-refractivity contribution in [2.24, 2.45) is 11.8 Å². The molecule has 5 N–H and O–H groups in total. The van der Waals surface area contributed by atoms with Crippen LogP contribution in [0.3, 0.4) is 0 Å². The summed E-state index contributed by atoms with van der Waals surface area (Å²) < 4.78 is 43.0. The molecule has 2 aliphatic rings. The number of fused-ring (bicyclic) bond motifs is 2. The maximum Gasteiger partial charge on any atom is 0.418 e. The van der Waals surface area contributed by atoms with Crippen LogP contribution in [0.4, 0.5) is 19.0 Å². The van der Waals surface area contributed by atoms with Crippen LogP contribution in [0.15, 0.2) is 30.7 Å². The zero-order valence-electron chi connectivity index (χ0n) is 26.5. The van der Waals surface area contributed by atoms with Gasteiger partial charge < -0.3 is 25.5 Å². The minimum Gasteiger partial charge on any atom is -0.390 e. The molecule has 0 bridgehead atoms. The molecule has 4 aromatic rings. The van der Waals surface area contributed by atoms with Crippen LogP contribution in [-0.2, 0) is 18.0 Å². The van der Waals surface area contributed by atoms with Gasteiger partial charge in [-0.15, -0.1) is 0 Å². The molecule has 45 heavy (non-hydrogen) atoms. The molecule has 0 amide bonds. The molecular weight excluding hydrogens is 583 g/mol. The molecule has 0 spiro atoms. The number of nitrogen functional groups attached to an aromatic ring is 1. The van der Waals surface area contributed by atoms with Crippen molar-refractivity contribution < 1.29 is 23.4 Å². The van der Waals surface area contributed by atoms with Crippen LogP contribution in [-0.4, -0.2) is 70.5 Å². The molecule has 2 saturated carbocycles. The highest BCUT2D eigenvalue weighted by molar-refractivity contribution is 5.90. The topological polar surface area (TPSA) is 129 Å². The summed E-state index contributed by atoms with van der Waals surface area (Å²) in [7, 11) is 0. The van der Waals surface area contributed by atoms with Gasteiger partial charge in [0.1, 0.15) is 29.7 Å². The van der Waals surface area contributed by atoms with Gasteiger partial charge in [-0.2, -0.15) is 13.2 Å². The van der Waals surface area contributed by atoms with Gasteiger partial charge in [0.15, 0.2) is 0 Å². The molecule has 4 atom stereocenters. The van der Waals surface area contributed by atoms with Crippen LogP contribution in [0.5, 0.6) is 0 Å². The summed E-state index contributed by atoms with van der Waals surface area (Å²) in [5.74, 6) is 0.994. The third kappa shape index (κ3) is 6.04. The second-order valence-electron chi connectivity index (χ2n) is 14.4. The lowest BCUT2D eigenvalue weighted by Crippen LogP contribution is -2.51. The summed E-state index contributed by atoms with van der Waals surface area (Å²) in [6.45, 7) is 11.4. The molecule has 6 rings (SSSR count). The van der Waals surface area contributed by atoms with E-state index in [1.54, 1.807) is 0 Å². The number of alkyl halides is 3. The van der Waals surface area contributed by atoms with Crippen molar-refractivity contribution >= 4 is 27.9 Å². The standard InChI is InChI=1S/C33H44F3N7O2/c1-17(2)42(21-10-18(11-21)6-9-26-40-23-8-7-20(32(3,4)5)13-24(23)41-26)14-19-12-25(29(45)28(19)44)43-15-22(33(34,35)36)27-30(37)38-16-39-31(27)43/h7-8,13,15-19,21,25,28-29,44-45H,6,9-12,14H2,1-5H3,(H,40,41)(H2,37,38,39)/t18?,19-,21?,25-,28-,29+/m1/s1. The number of aryl methyl sites for hydroxylation is 1. The van der Waals surface area contributed by atoms with Crippen LogP contribution >= 0.6 is 0 Å². The number of aliphatic hydroxyl groups excluding tert-OH is 2. The van der Waals surface area contributed by atoms with Crippen molar-refractivity contribution in [2.75, 3.05) is 12.3 Å². The number of aromatic nitrogens is 5. The first-order valence-electron chi connectivity index (χ1n) is 15.9. The summed E-state index contributed by atoms with van der Waals surface area (Å²) in [5.41, 5.74) is 8.31. The van der Waals surface area contributed by atoms with E-state index in [2.05, 4.69) is 72.7 Å². The Hall–Kier alpha value is -3.22. The van der Waals surface area contributed by atoms with Crippen LogP contribution in [0, 0.1) is 11.8 Å². The number of nitrogens with zero attached hydrogens (tertiary/aromatic N) is 5. The summed E-state index contributed by atoms with van der Waals surface area (Å²) in [6, 6.07) is 6.22. The molecular formula is C33H44F3N7O2. The number of aromatic amines is 1. The predicted molar refractivity (Wildman–Crippen MR) is 168 cm³/mol. The van der Waals surface area contributed by atoms with E-state index in [4.69, 9.17) is 10.7 Å². The van der Waals surface area contributed by atoms with Crippen molar-refractivity contribution in [1.29, 1.82) is 0 Å². The average molecular weight is 628 g/mol. The van der Waals surface area contributed by atoms with Crippen molar-refractivity contribution in [3.63, 3.8) is 0 Å². The van der Waals surface area contributed by atoms with Crippen LogP contribution in [0.1, 0.15) is 83.3 Å². The van der Waals surface area contributed by atoms with E-state index in [-0.39, 0.29) is 34.2 Å². The Labute approximate surface area is 261 Å². The lowest BCUT2D eigenvalue weighted by molar-refractivity contribution is -0.136. The summed E-state index contributed by atoms with van der Waals surface area (Å²) in [5, 5.41) is 21.9. The van der Waals surface area contributed by atoms with Gasteiger partial charge in [-0.3, -0.25) is 4.90 Å². The number of benzene rings is 1. The Balaban J connectivity index is 1.09. The molecule has 0 aliphatic heterocycles. The number of imidazole rings is 1. The van der Waals surface area contributed by atoms with Crippen LogP contribution < -0.4 is 5.73 Å². The van der Waals surface area contributed by atoms with Gasteiger partial charge in [0.05, 0.1) is 34.1 Å². The molecule has 3 aromatic heterocycles. The third-order valence-corrected chi connectivity index (χ3v) is 10.0. The molecule has 0 unspecified atom stereocenters. The lowest BCUT2D eigenvalue weighted by Gasteiger charge is -2.46. The number of aliphatic hydroxyl groups is 2. The largest absolute Gasteiger partial charge is 0.418 e. The Morgan fingerprint density at radius 3 is 2.49 bits per heavy atom. The maximum absolute atomic E-state index is 13.9. The number of anilines is 1. The number of hydrogen-bond acceptors (Lipinski definition) is 7. The number of rotatable bonds is 8. The van der Waals surface area contributed by atoms with Crippen LogP contribution in [0.2, 0.25) is 0 Å². The predicted octanol–water partition coefficient (Wildman–Crippen LogP) is 5.61. The summed E-state index contributed by atoms with van der Waals surface area (Å²) in [4.78, 5) is 18.5. The fraction of sp³-hybridized carbons (Fsp3) is 0.606. The molecule has 3 heterocycles. The van der Waals surface area contributed by atoms with Gasteiger partial charge >= 0.3 is 6.18 Å². The Morgan fingerprint density at radius 1 is 1.09 bits per heavy atom. The minimum atomic E-state index is -4.67. The van der Waals surface area contributed by atoms with Crippen LogP contribution in [0.25, 0.3) is 22.1 Å². The fourth-order valence-corrected chi connectivity index (χ4v) is 7.38. The average Bonchev–Trinajstić information content (AvgIpc) is 3.60. The van der Waals surface area contributed by atoms with Gasteiger partial charge in [0, 0.05) is 37.2 Å². The minimum absolute atomic E-state index is 0.00775. The first-order chi connectivity index (χ1) is 21.1. The maximum atomic E-state index is 13.9. The number of nitrogens with two attached hydrogens (primary N) is 1. The second-order valence-corrected chi connectivity index (χ2v) is 14.4. The van der Waals surface area contributed by atoms with E-state index in [0.717, 1.165) is 55.1 Å². The first kappa shape index (κ1) is 31.7. The van der Waals surface area contributed by atoms with Gasteiger partial charge in [0.25, 0.3) is 0 Å². The van der Waals surface area contributed by atoms with Gasteiger partial charge in [-0.05, 0) is 68.6 Å². The van der Waals surface area contributed by atoms with Crippen molar-refractivity contribution in [3.05, 3.63) is 47.7 Å². The third-order valence-electron chi connectivity index (χ3n) is 10.0. The van der Waals surface area contributed by atoms with E-state index < -0.39 is 30.0 Å². The molecule has 2 fully saturated rings. The molecule has 244 valence electrons. The molecule has 12 heteroatoms. The molecule has 2 aliphatic carbocycles. The van der Waals surface area contributed by atoms with Gasteiger partial charge in [-0.1, -0.05) is 26.8 Å². The number of H-pyrrole nitrogens is 1. The van der Waals surface area contributed by atoms with Crippen molar-refractivity contribution in [2.45, 2.75) is 109 Å². The Kier molecular flexibility index (Phi) is 8.14. The zero-order valence-corrected chi connectivity index (χ0v) is 26.5. The lowest BCUT2D eigenvalue weighted by atomic mass is 9.76. The molecule has 0 radical (unpaired) electrons. The quantitative estimate of drug-likeness (QED) is 0.200. The second kappa shape index (κ2) is 11.5. The monoisotopic (exact) mass is 627 g/mol. The molecule has 1 aromatic carbocycles. The number of nitrogens with one attached hydrogen (secondary N) is 1. The smallest absolute Gasteiger partial charge is 0.390 e. The van der Waals surface area contributed by atoms with E-state index in [0.29, 0.717) is 24.9 Å². The zero-order chi connectivity index (χ0) is 32.4. The summed E-state index contributed by atoms with van der Waals surface area (Å²) >= 11 is 0. The Bertz CT molecular complexity index is 1670. The number of halogens is 3. The van der Waals surface area contributed by atoms with E-state index >= 15 is 0 Å². The fourth-order valence-electron chi connectivity index (χ4n) is 7.38. The van der Waals surface area contributed by atoms with E-state index in [9.17, 15) is 23.4 Å². The Morgan fingerprint density at radius 2 is 1.82 bits per heavy atom. The summed E-state index contributed by atoms with van der Waals surface area (Å²) in [6.07, 6.45) is -0.617. The molecule has 0 saturated heterocycles. The SMILES string of the molecule is CC(C)N(C[C@H]1C[C@@H](n2cc(C(F)(F)F)c3c(N)ncnc32)[C@H](O)[C@@H]1O)C1CC(CCc2nc3ccc(C(C)(C)C)cc3[nH]2)C1. The first-order valence-corrected chi connectivity index (χ1v) is 15.9. The highest BCUT2D eigenvalue weighted by atomic mass is 19.4. The van der Waals surface area contributed by atoms with Crippen molar-refractivity contribution in [3.8, 4) is 0 Å². The molecule has 9 nitrogen and oxygen atoms in total. The van der Waals surface area contributed by atoms with Gasteiger partial charge in [-0.25, -0.2) is 15.0 Å². The normalized spacial score (nSPS) is 26.0. The van der Waals surface area contributed by atoms with Crippen molar-refractivity contribution in [1.82, 2.24) is 29.4 Å². The highest BCUT2D eigenvalue weighted by Gasteiger charge is 2.47. The number of hydrogen-bond donors (Lipinski definition) is 4. The van der Waals surface area contributed by atoms with E-state index in [1.165, 1.54) is 10.1 Å². The van der Waals surface area contributed by atoms with Gasteiger partial charge in [0.2, 0.25) is 0 Å². The highest BCUT2D eigenvalue weighted by Crippen LogP contribution is 2.44. The van der Waals surface area contributed by atoms with E-state index in [1.807, 2.05) is 0 Å².